The van der Waals surface area contributed by atoms with Crippen LogP contribution >= 0.6 is 23.4 Å². The minimum atomic E-state index is -1.06. The first kappa shape index (κ1) is 25.7. The molecule has 0 fully saturated rings. The smallest absolute Gasteiger partial charge is 0.436 e. The van der Waals surface area contributed by atoms with E-state index in [-0.39, 0.29) is 23.6 Å². The van der Waals surface area contributed by atoms with Crippen molar-refractivity contribution in [3.63, 3.8) is 0 Å². The van der Waals surface area contributed by atoms with Gasteiger partial charge in [0.15, 0.2) is 0 Å². The first-order valence-electron chi connectivity index (χ1n) is 9.46. The molecular weight excluding hydrogens is 472 g/mol. The van der Waals surface area contributed by atoms with Gasteiger partial charge in [0.05, 0.1) is 30.5 Å². The predicted molar refractivity (Wildman–Crippen MR) is 124 cm³/mol. The van der Waals surface area contributed by atoms with Crippen LogP contribution in [-0.2, 0) is 14.3 Å². The quantitative estimate of drug-likeness (QED) is 0.423. The van der Waals surface area contributed by atoms with Gasteiger partial charge < -0.3 is 14.8 Å². The topological polar surface area (TPSA) is 135 Å². The lowest BCUT2D eigenvalue weighted by Crippen LogP contribution is -2.44. The maximum absolute atomic E-state index is 12.9. The number of carbonyl (C=O) groups is 4. The molecule has 4 amide bonds. The molecule has 0 saturated heterocycles. The number of ether oxygens (including phenoxy) is 2. The van der Waals surface area contributed by atoms with E-state index in [9.17, 15) is 19.2 Å². The highest BCUT2D eigenvalue weighted by molar-refractivity contribution is 7.99. The Kier molecular flexibility index (Phi) is 9.70. The summed E-state index contributed by atoms with van der Waals surface area (Å²) in [4.78, 5) is 52.9. The zero-order valence-corrected chi connectivity index (χ0v) is 19.5. The number of guanidine groups is 1. The summed E-state index contributed by atoms with van der Waals surface area (Å²) in [5.41, 5.74) is 0.274. The number of carbonyl (C=O) groups excluding carboxylic acids is 4. The number of anilines is 1. The maximum Gasteiger partial charge on any atom is 0.436 e. The van der Waals surface area contributed by atoms with Crippen LogP contribution in [0.5, 0.6) is 0 Å². The molecule has 0 aliphatic carbocycles. The Labute approximate surface area is 199 Å². The highest BCUT2D eigenvalue weighted by Crippen LogP contribution is 2.35. The number of halogens is 1. The molecule has 33 heavy (non-hydrogen) atoms. The summed E-state index contributed by atoms with van der Waals surface area (Å²) in [5, 5.41) is 7.62. The fraction of sp³-hybridized carbons (Fsp3) is 0.190. The van der Waals surface area contributed by atoms with E-state index >= 15 is 0 Å². The molecule has 10 nitrogen and oxygen atoms in total. The molecule has 0 unspecified atom stereocenters. The summed E-state index contributed by atoms with van der Waals surface area (Å²) < 4.78 is 8.87. The highest BCUT2D eigenvalue weighted by atomic mass is 35.5. The van der Waals surface area contributed by atoms with E-state index in [1.54, 1.807) is 25.1 Å². The molecular formula is C21H21ClN4O6S. The molecule has 0 saturated carbocycles. The van der Waals surface area contributed by atoms with Gasteiger partial charge in [0.2, 0.25) is 11.9 Å². The Morgan fingerprint density at radius 3 is 2.39 bits per heavy atom. The van der Waals surface area contributed by atoms with Crippen molar-refractivity contribution < 1.29 is 28.7 Å². The third-order valence-electron chi connectivity index (χ3n) is 3.91. The van der Waals surface area contributed by atoms with Gasteiger partial charge in [0.25, 0.3) is 5.91 Å². The van der Waals surface area contributed by atoms with Crippen LogP contribution in [0.1, 0.15) is 23.7 Å². The molecule has 0 aliphatic rings. The van der Waals surface area contributed by atoms with E-state index in [4.69, 9.17) is 11.6 Å². The van der Waals surface area contributed by atoms with Gasteiger partial charge in [-0.3, -0.25) is 20.2 Å². The van der Waals surface area contributed by atoms with Crippen LogP contribution in [0.4, 0.5) is 15.3 Å². The molecule has 2 rings (SSSR count). The third-order valence-corrected chi connectivity index (χ3v) is 5.42. The number of benzene rings is 2. The third kappa shape index (κ3) is 7.81. The van der Waals surface area contributed by atoms with Crippen molar-refractivity contribution in [3.8, 4) is 0 Å². The number of hydrogen-bond acceptors (Lipinski definition) is 7. The van der Waals surface area contributed by atoms with Gasteiger partial charge in [0.1, 0.15) is 0 Å². The molecule has 3 N–H and O–H groups in total. The maximum atomic E-state index is 12.9. The molecule has 0 bridgehead atoms. The summed E-state index contributed by atoms with van der Waals surface area (Å²) in [6.07, 6.45) is -1.85. The van der Waals surface area contributed by atoms with Crippen LogP contribution in [0, 0.1) is 0 Å². The predicted octanol–water partition coefficient (Wildman–Crippen LogP) is 4.05. The minimum absolute atomic E-state index is 0.0598. The van der Waals surface area contributed by atoms with Crippen molar-refractivity contribution in [2.75, 3.05) is 19.5 Å². The van der Waals surface area contributed by atoms with E-state index in [0.717, 1.165) is 19.1 Å². The van der Waals surface area contributed by atoms with Gasteiger partial charge in [-0.25, -0.2) is 9.59 Å². The first-order chi connectivity index (χ1) is 15.8. The second-order valence-corrected chi connectivity index (χ2v) is 7.67. The Morgan fingerprint density at radius 2 is 1.76 bits per heavy atom. The summed E-state index contributed by atoms with van der Waals surface area (Å²) >= 11 is 7.56. The van der Waals surface area contributed by atoms with Crippen LogP contribution in [-0.4, -0.2) is 44.2 Å². The summed E-state index contributed by atoms with van der Waals surface area (Å²) in [5.74, 6) is -1.59. The van der Waals surface area contributed by atoms with Crippen molar-refractivity contribution in [3.05, 3.63) is 53.1 Å². The lowest BCUT2D eigenvalue weighted by atomic mass is 10.1. The molecule has 2 aromatic rings. The van der Waals surface area contributed by atoms with Crippen LogP contribution in [0.3, 0.4) is 0 Å². The SMILES string of the molecule is CCC(=O)Nc1cc(Sc2ccccc2Cl)ccc1C(=O)NC(=NC(=O)OC)NC(=O)OC. The fourth-order valence-corrected chi connectivity index (χ4v) is 3.46. The summed E-state index contributed by atoms with van der Waals surface area (Å²) in [6, 6.07) is 12.0. The normalized spacial score (nSPS) is 10.7. The van der Waals surface area contributed by atoms with Gasteiger partial charge >= 0.3 is 12.2 Å². The molecule has 0 radical (unpaired) electrons. The average Bonchev–Trinajstić information content (AvgIpc) is 2.80. The van der Waals surface area contributed by atoms with E-state index in [0.29, 0.717) is 9.92 Å². The van der Waals surface area contributed by atoms with Crippen molar-refractivity contribution in [2.24, 2.45) is 4.99 Å². The Balaban J connectivity index is 2.37. The van der Waals surface area contributed by atoms with Crippen molar-refractivity contribution >= 4 is 59.0 Å². The van der Waals surface area contributed by atoms with E-state index < -0.39 is 24.1 Å². The van der Waals surface area contributed by atoms with Crippen LogP contribution in [0.25, 0.3) is 0 Å². The van der Waals surface area contributed by atoms with Crippen LogP contribution in [0.15, 0.2) is 57.2 Å². The molecule has 0 atom stereocenters. The summed E-state index contributed by atoms with van der Waals surface area (Å²) in [7, 11) is 2.18. The van der Waals surface area contributed by atoms with E-state index in [1.807, 2.05) is 18.2 Å². The van der Waals surface area contributed by atoms with Gasteiger partial charge in [0, 0.05) is 16.2 Å². The number of nitrogens with one attached hydrogen (secondary N) is 3. The average molecular weight is 493 g/mol. The molecule has 0 spiro atoms. The molecule has 2 aromatic carbocycles. The zero-order chi connectivity index (χ0) is 24.4. The molecule has 174 valence electrons. The minimum Gasteiger partial charge on any atom is -0.453 e. The number of amides is 4. The largest absolute Gasteiger partial charge is 0.453 e. The molecule has 0 heterocycles. The van der Waals surface area contributed by atoms with Gasteiger partial charge in [-0.05, 0) is 30.3 Å². The summed E-state index contributed by atoms with van der Waals surface area (Å²) in [6.45, 7) is 1.67. The van der Waals surface area contributed by atoms with Crippen molar-refractivity contribution in [2.45, 2.75) is 23.1 Å². The van der Waals surface area contributed by atoms with E-state index in [2.05, 4.69) is 30.4 Å². The van der Waals surface area contributed by atoms with Crippen LogP contribution < -0.4 is 16.0 Å². The second kappa shape index (κ2) is 12.5. The fourth-order valence-electron chi connectivity index (χ4n) is 2.33. The van der Waals surface area contributed by atoms with Gasteiger partial charge in [-0.2, -0.15) is 0 Å². The number of hydrogen-bond donors (Lipinski definition) is 3. The van der Waals surface area contributed by atoms with Gasteiger partial charge in [-0.1, -0.05) is 42.4 Å². The number of alkyl carbamates (subject to hydrolysis) is 1. The number of nitrogens with zero attached hydrogens (tertiary/aromatic N) is 1. The number of rotatable bonds is 5. The standard InChI is InChI=1S/C21H21ClN4O6S/c1-4-17(27)23-15-11-12(33-16-8-6-5-7-14(16)22)9-10-13(15)18(28)24-19(25-20(29)31-2)26-21(30)32-3/h5-11H,4H2,1-3H3,(H,23,27)(H2,24,25,26,28,29,30). The molecule has 0 aromatic heterocycles. The Hall–Kier alpha value is -3.57. The second-order valence-electron chi connectivity index (χ2n) is 6.14. The Bertz CT molecular complexity index is 1090. The first-order valence-corrected chi connectivity index (χ1v) is 10.7. The highest BCUT2D eigenvalue weighted by Gasteiger charge is 2.18. The van der Waals surface area contributed by atoms with Crippen molar-refractivity contribution in [1.29, 1.82) is 0 Å². The van der Waals surface area contributed by atoms with E-state index in [1.165, 1.54) is 17.8 Å². The van der Waals surface area contributed by atoms with Crippen molar-refractivity contribution in [1.82, 2.24) is 10.6 Å². The van der Waals surface area contributed by atoms with Crippen LogP contribution in [0.2, 0.25) is 5.02 Å². The van der Waals surface area contributed by atoms with Gasteiger partial charge in [-0.15, -0.1) is 4.99 Å². The monoisotopic (exact) mass is 492 g/mol. The number of methoxy groups -OCH3 is 2. The Morgan fingerprint density at radius 1 is 1.03 bits per heavy atom. The zero-order valence-electron chi connectivity index (χ0n) is 17.9. The molecule has 0 aliphatic heterocycles. The molecule has 12 heteroatoms. The lowest BCUT2D eigenvalue weighted by Gasteiger charge is -2.14. The lowest BCUT2D eigenvalue weighted by molar-refractivity contribution is -0.115. The number of aliphatic imine (C=N–C) groups is 1.